The number of aromatic carboxylic acids is 1. The number of hydrogen-bond acceptors (Lipinski definition) is 5. The Hall–Kier alpha value is -5.77. The fourth-order valence-corrected chi connectivity index (χ4v) is 4.81. The van der Waals surface area contributed by atoms with Crippen molar-refractivity contribution in [1.29, 1.82) is 0 Å². The minimum absolute atomic E-state index is 0.0581. The van der Waals surface area contributed by atoms with Crippen LogP contribution in [0.25, 0.3) is 33.1 Å². The zero-order valence-electron chi connectivity index (χ0n) is 22.8. The Labute approximate surface area is 248 Å². The van der Waals surface area contributed by atoms with Gasteiger partial charge in [-0.1, -0.05) is 66.7 Å². The van der Waals surface area contributed by atoms with E-state index in [0.29, 0.717) is 16.8 Å². The molecule has 0 spiro atoms. The number of carboxylic acid groups (broad SMARTS) is 1. The summed E-state index contributed by atoms with van der Waals surface area (Å²) < 4.78 is 47.8. The van der Waals surface area contributed by atoms with Crippen LogP contribution < -0.4 is 10.3 Å². The molecule has 0 atom stereocenters. The van der Waals surface area contributed by atoms with Crippen molar-refractivity contribution in [3.05, 3.63) is 142 Å². The first-order valence-electron chi connectivity index (χ1n) is 13.4. The molecule has 10 heteroatoms. The molecule has 0 unspecified atom stereocenters. The quantitative estimate of drug-likeness (QED) is 0.195. The lowest BCUT2D eigenvalue weighted by atomic mass is 10.0. The summed E-state index contributed by atoms with van der Waals surface area (Å²) in [6.45, 7) is 0.117. The number of aromatic nitrogens is 2. The zero-order valence-corrected chi connectivity index (χ0v) is 22.8. The Morgan fingerprint density at radius 2 is 1.61 bits per heavy atom. The van der Waals surface area contributed by atoms with E-state index in [2.05, 4.69) is 10.1 Å². The lowest BCUT2D eigenvalue weighted by Gasteiger charge is -2.14. The molecule has 218 valence electrons. The first-order chi connectivity index (χ1) is 21.2. The van der Waals surface area contributed by atoms with Crippen LogP contribution in [0.2, 0.25) is 0 Å². The summed E-state index contributed by atoms with van der Waals surface area (Å²) in [6, 6.07) is 28.5. The van der Waals surface area contributed by atoms with E-state index in [-0.39, 0.29) is 28.9 Å². The second kappa shape index (κ2) is 11.5. The summed E-state index contributed by atoms with van der Waals surface area (Å²) >= 11 is 0. The van der Waals surface area contributed by atoms with E-state index in [1.54, 1.807) is 42.5 Å². The zero-order chi connectivity index (χ0) is 30.8. The monoisotopic (exact) mass is 593 g/mol. The molecular formula is C34H22F3N3O4. The van der Waals surface area contributed by atoms with Gasteiger partial charge in [-0.15, -0.1) is 0 Å². The number of alkyl halides is 3. The highest BCUT2D eigenvalue weighted by atomic mass is 19.4. The van der Waals surface area contributed by atoms with Gasteiger partial charge in [0.2, 0.25) is 0 Å². The summed E-state index contributed by atoms with van der Waals surface area (Å²) in [5.74, 6) is -0.664. The Balaban J connectivity index is 1.47. The van der Waals surface area contributed by atoms with E-state index in [0.717, 1.165) is 33.1 Å². The molecule has 0 fully saturated rings. The van der Waals surface area contributed by atoms with Crippen LogP contribution in [0.1, 0.15) is 27.0 Å². The van der Waals surface area contributed by atoms with Gasteiger partial charge in [0.15, 0.2) is 5.82 Å². The van der Waals surface area contributed by atoms with Crippen LogP contribution in [0.15, 0.2) is 119 Å². The van der Waals surface area contributed by atoms with Crippen LogP contribution in [0, 0.1) is 0 Å². The Bertz CT molecular complexity index is 2120. The standard InChI is InChI=1S/C34H22F3N3O4/c35-34(36,37)25-8-5-7-24(18-25)31-39-29-11-4-3-10-27(29)32(41)40(31)38-19-28-26-9-2-1-6-22(26)16-17-30(28)44-20-21-12-14-23(15-13-21)33(42)43/h1-19H,20H2,(H,42,43). The normalized spacial score (nSPS) is 11.8. The molecule has 0 aliphatic heterocycles. The number of carboxylic acids is 1. The van der Waals surface area contributed by atoms with Crippen LogP contribution in [0.3, 0.4) is 0 Å². The van der Waals surface area contributed by atoms with Gasteiger partial charge in [0, 0.05) is 11.1 Å². The highest BCUT2D eigenvalue weighted by Gasteiger charge is 2.31. The maximum absolute atomic E-state index is 13.7. The number of ether oxygens (including phenoxy) is 1. The number of benzene rings is 5. The third-order valence-electron chi connectivity index (χ3n) is 7.03. The fraction of sp³-hybridized carbons (Fsp3) is 0.0588. The second-order valence-corrected chi connectivity index (χ2v) is 9.88. The summed E-state index contributed by atoms with van der Waals surface area (Å²) in [4.78, 5) is 29.4. The van der Waals surface area contributed by atoms with E-state index in [4.69, 9.17) is 9.84 Å². The van der Waals surface area contributed by atoms with Crippen molar-refractivity contribution in [3.8, 4) is 17.1 Å². The average Bonchev–Trinajstić information content (AvgIpc) is 3.03. The van der Waals surface area contributed by atoms with Crippen LogP contribution in [0.5, 0.6) is 5.75 Å². The molecular weight excluding hydrogens is 571 g/mol. The smallest absolute Gasteiger partial charge is 0.416 e. The summed E-state index contributed by atoms with van der Waals surface area (Å²) in [7, 11) is 0. The van der Waals surface area contributed by atoms with E-state index < -0.39 is 23.3 Å². The molecule has 0 saturated carbocycles. The van der Waals surface area contributed by atoms with Crippen LogP contribution in [0.4, 0.5) is 13.2 Å². The summed E-state index contributed by atoms with van der Waals surface area (Å²) in [5.41, 5.74) is 0.361. The molecule has 1 heterocycles. The van der Waals surface area contributed by atoms with Crippen molar-refractivity contribution in [1.82, 2.24) is 9.66 Å². The summed E-state index contributed by atoms with van der Waals surface area (Å²) in [5, 5.41) is 15.5. The highest BCUT2D eigenvalue weighted by molar-refractivity contribution is 6.02. The first-order valence-corrected chi connectivity index (χ1v) is 13.4. The molecule has 0 bridgehead atoms. The maximum Gasteiger partial charge on any atom is 0.416 e. The predicted molar refractivity (Wildman–Crippen MR) is 161 cm³/mol. The second-order valence-electron chi connectivity index (χ2n) is 9.88. The highest BCUT2D eigenvalue weighted by Crippen LogP contribution is 2.32. The predicted octanol–water partition coefficient (Wildman–Crippen LogP) is 7.39. The van der Waals surface area contributed by atoms with Gasteiger partial charge in [0.1, 0.15) is 12.4 Å². The molecule has 44 heavy (non-hydrogen) atoms. The molecule has 6 rings (SSSR count). The fourth-order valence-electron chi connectivity index (χ4n) is 4.81. The Kier molecular flexibility index (Phi) is 7.40. The number of fused-ring (bicyclic) bond motifs is 2. The van der Waals surface area contributed by atoms with E-state index in [1.807, 2.05) is 30.3 Å². The molecule has 5 aromatic carbocycles. The molecule has 0 amide bonds. The van der Waals surface area contributed by atoms with Gasteiger partial charge < -0.3 is 9.84 Å². The lowest BCUT2D eigenvalue weighted by Crippen LogP contribution is -2.20. The van der Waals surface area contributed by atoms with Gasteiger partial charge in [-0.3, -0.25) is 4.79 Å². The molecule has 7 nitrogen and oxygen atoms in total. The van der Waals surface area contributed by atoms with E-state index in [9.17, 15) is 22.8 Å². The molecule has 1 N–H and O–H groups in total. The number of carbonyl (C=O) groups is 1. The third-order valence-corrected chi connectivity index (χ3v) is 7.03. The van der Waals surface area contributed by atoms with E-state index in [1.165, 1.54) is 30.5 Å². The molecule has 6 aromatic rings. The Morgan fingerprint density at radius 3 is 2.36 bits per heavy atom. The van der Waals surface area contributed by atoms with Crippen molar-refractivity contribution in [2.45, 2.75) is 12.8 Å². The number of para-hydroxylation sites is 1. The maximum atomic E-state index is 13.7. The SMILES string of the molecule is O=C(O)c1ccc(COc2ccc3ccccc3c2C=Nn2c(-c3cccc(C(F)(F)F)c3)nc3ccccc3c2=O)cc1. The van der Waals surface area contributed by atoms with Gasteiger partial charge in [0.25, 0.3) is 5.56 Å². The van der Waals surface area contributed by atoms with Gasteiger partial charge in [0.05, 0.1) is 28.2 Å². The van der Waals surface area contributed by atoms with Crippen molar-refractivity contribution in [2.24, 2.45) is 5.10 Å². The van der Waals surface area contributed by atoms with Crippen molar-refractivity contribution < 1.29 is 27.8 Å². The molecule has 1 aromatic heterocycles. The topological polar surface area (TPSA) is 93.8 Å². The first kappa shape index (κ1) is 28.4. The third kappa shape index (κ3) is 5.65. The van der Waals surface area contributed by atoms with Crippen LogP contribution in [-0.4, -0.2) is 27.0 Å². The van der Waals surface area contributed by atoms with Crippen molar-refractivity contribution in [3.63, 3.8) is 0 Å². The van der Waals surface area contributed by atoms with E-state index >= 15 is 0 Å². The molecule has 0 aliphatic carbocycles. The van der Waals surface area contributed by atoms with Crippen molar-refractivity contribution in [2.75, 3.05) is 0 Å². The minimum Gasteiger partial charge on any atom is -0.488 e. The lowest BCUT2D eigenvalue weighted by molar-refractivity contribution is -0.137. The van der Waals surface area contributed by atoms with Gasteiger partial charge in [-0.05, 0) is 58.8 Å². The van der Waals surface area contributed by atoms with Gasteiger partial charge in [-0.2, -0.15) is 22.9 Å². The van der Waals surface area contributed by atoms with Gasteiger partial charge in [-0.25, -0.2) is 9.78 Å². The largest absolute Gasteiger partial charge is 0.488 e. The van der Waals surface area contributed by atoms with Crippen molar-refractivity contribution >= 4 is 33.9 Å². The average molecular weight is 594 g/mol. The number of rotatable bonds is 7. The Morgan fingerprint density at radius 1 is 0.886 bits per heavy atom. The number of halogens is 3. The number of nitrogens with zero attached hydrogens (tertiary/aromatic N) is 3. The van der Waals surface area contributed by atoms with Crippen LogP contribution >= 0.6 is 0 Å². The molecule has 0 saturated heterocycles. The molecule has 0 aliphatic rings. The van der Waals surface area contributed by atoms with Gasteiger partial charge >= 0.3 is 12.1 Å². The summed E-state index contributed by atoms with van der Waals surface area (Å²) in [6.07, 6.45) is -3.16. The molecule has 0 radical (unpaired) electrons. The minimum atomic E-state index is -4.59. The van der Waals surface area contributed by atoms with Crippen LogP contribution in [-0.2, 0) is 12.8 Å². The number of hydrogen-bond donors (Lipinski definition) is 1.